The summed E-state index contributed by atoms with van der Waals surface area (Å²) in [7, 11) is 1.83. The molecule has 0 bridgehead atoms. The zero-order chi connectivity index (χ0) is 11.3. The number of carbonyl (C=O) groups excluding carboxylic acids is 1. The van der Waals surface area contributed by atoms with Gasteiger partial charge in [0, 0.05) is 12.5 Å². The van der Waals surface area contributed by atoms with E-state index in [1.165, 1.54) is 6.33 Å². The Hall–Kier alpha value is -1.49. The highest BCUT2D eigenvalue weighted by Gasteiger charge is 2.08. The molecular formula is C10H16N4O. The van der Waals surface area contributed by atoms with E-state index >= 15 is 0 Å². The minimum Gasteiger partial charge on any atom is -0.323 e. The molecule has 0 saturated carbocycles. The maximum atomic E-state index is 11.5. The largest absolute Gasteiger partial charge is 0.323 e. The van der Waals surface area contributed by atoms with Gasteiger partial charge in [0.2, 0.25) is 5.91 Å². The first-order chi connectivity index (χ1) is 7.13. The van der Waals surface area contributed by atoms with Crippen molar-refractivity contribution in [3.8, 4) is 0 Å². The van der Waals surface area contributed by atoms with Crippen molar-refractivity contribution in [3.63, 3.8) is 0 Å². The second kappa shape index (κ2) is 5.41. The van der Waals surface area contributed by atoms with E-state index < -0.39 is 0 Å². The van der Waals surface area contributed by atoms with Crippen molar-refractivity contribution in [2.45, 2.75) is 26.3 Å². The fraction of sp³-hybridized carbons (Fsp3) is 0.500. The van der Waals surface area contributed by atoms with Crippen LogP contribution in [0.15, 0.2) is 12.5 Å². The lowest BCUT2D eigenvalue weighted by atomic mass is 10.2. The number of rotatable bonds is 4. The molecular weight excluding hydrogens is 192 g/mol. The predicted octanol–water partition coefficient (Wildman–Crippen LogP) is 0.722. The van der Waals surface area contributed by atoms with Gasteiger partial charge in [-0.05, 0) is 20.9 Å². The molecule has 2 N–H and O–H groups in total. The summed E-state index contributed by atoms with van der Waals surface area (Å²) in [6, 6.07) is 0.162. The Balaban J connectivity index is 2.55. The monoisotopic (exact) mass is 208 g/mol. The molecule has 1 aromatic rings. The maximum Gasteiger partial charge on any atom is 0.226 e. The van der Waals surface area contributed by atoms with Gasteiger partial charge in [0.25, 0.3) is 0 Å². The molecule has 1 aromatic heterocycles. The fourth-order valence-corrected chi connectivity index (χ4v) is 1.09. The van der Waals surface area contributed by atoms with Gasteiger partial charge >= 0.3 is 0 Å². The third-order valence-electron chi connectivity index (χ3n) is 2.17. The van der Waals surface area contributed by atoms with Gasteiger partial charge in [0.1, 0.15) is 6.33 Å². The third-order valence-corrected chi connectivity index (χ3v) is 2.17. The summed E-state index contributed by atoms with van der Waals surface area (Å²) >= 11 is 0. The zero-order valence-corrected chi connectivity index (χ0v) is 9.24. The first-order valence-corrected chi connectivity index (χ1v) is 4.87. The number of hydrogen-bond donors (Lipinski definition) is 2. The molecule has 0 aliphatic heterocycles. The number of hydrogen-bond acceptors (Lipinski definition) is 4. The van der Waals surface area contributed by atoms with E-state index in [0.29, 0.717) is 12.1 Å². The van der Waals surface area contributed by atoms with Crippen molar-refractivity contribution in [3.05, 3.63) is 18.2 Å². The van der Waals surface area contributed by atoms with E-state index in [4.69, 9.17) is 0 Å². The molecule has 0 spiro atoms. The molecule has 0 fully saturated rings. The van der Waals surface area contributed by atoms with E-state index in [9.17, 15) is 4.79 Å². The Morgan fingerprint density at radius 2 is 2.33 bits per heavy atom. The van der Waals surface area contributed by atoms with E-state index in [0.717, 1.165) is 5.69 Å². The van der Waals surface area contributed by atoms with Crippen molar-refractivity contribution in [2.75, 3.05) is 12.4 Å². The third kappa shape index (κ3) is 3.63. The highest BCUT2D eigenvalue weighted by molar-refractivity contribution is 5.91. The van der Waals surface area contributed by atoms with Gasteiger partial charge in [-0.15, -0.1) is 0 Å². The second-order valence-electron chi connectivity index (χ2n) is 3.46. The van der Waals surface area contributed by atoms with Gasteiger partial charge in [0.15, 0.2) is 0 Å². The van der Waals surface area contributed by atoms with Gasteiger partial charge in [-0.3, -0.25) is 4.79 Å². The first-order valence-electron chi connectivity index (χ1n) is 4.87. The molecule has 0 aliphatic carbocycles. The van der Waals surface area contributed by atoms with Crippen LogP contribution >= 0.6 is 0 Å². The Kier molecular flexibility index (Phi) is 4.17. The van der Waals surface area contributed by atoms with Crippen LogP contribution < -0.4 is 10.6 Å². The van der Waals surface area contributed by atoms with Crippen molar-refractivity contribution in [2.24, 2.45) is 0 Å². The van der Waals surface area contributed by atoms with Crippen LogP contribution in [0.25, 0.3) is 0 Å². The van der Waals surface area contributed by atoms with E-state index in [2.05, 4.69) is 20.6 Å². The summed E-state index contributed by atoms with van der Waals surface area (Å²) in [6.45, 7) is 3.78. The van der Waals surface area contributed by atoms with E-state index in [1.54, 1.807) is 6.20 Å². The summed E-state index contributed by atoms with van der Waals surface area (Å²) in [6.07, 6.45) is 3.50. The summed E-state index contributed by atoms with van der Waals surface area (Å²) < 4.78 is 0. The van der Waals surface area contributed by atoms with Crippen LogP contribution in [-0.4, -0.2) is 29.0 Å². The molecule has 82 valence electrons. The zero-order valence-electron chi connectivity index (χ0n) is 9.24. The quantitative estimate of drug-likeness (QED) is 0.765. The van der Waals surface area contributed by atoms with Crippen LogP contribution in [0.2, 0.25) is 0 Å². The number of nitrogens with zero attached hydrogens (tertiary/aromatic N) is 2. The van der Waals surface area contributed by atoms with Crippen molar-refractivity contribution in [1.29, 1.82) is 0 Å². The Morgan fingerprint density at radius 3 is 2.93 bits per heavy atom. The van der Waals surface area contributed by atoms with Crippen LogP contribution in [0.5, 0.6) is 0 Å². The topological polar surface area (TPSA) is 66.9 Å². The molecule has 0 saturated heterocycles. The summed E-state index contributed by atoms with van der Waals surface area (Å²) in [5, 5.41) is 5.78. The molecule has 1 unspecified atom stereocenters. The van der Waals surface area contributed by atoms with Crippen LogP contribution in [-0.2, 0) is 4.79 Å². The lowest BCUT2D eigenvalue weighted by Gasteiger charge is -2.10. The van der Waals surface area contributed by atoms with Gasteiger partial charge in [-0.2, -0.15) is 0 Å². The van der Waals surface area contributed by atoms with Gasteiger partial charge in [0.05, 0.1) is 17.6 Å². The highest BCUT2D eigenvalue weighted by Crippen LogP contribution is 2.09. The number of nitrogens with one attached hydrogen (secondary N) is 2. The number of aryl methyl sites for hydroxylation is 1. The number of amides is 1. The fourth-order valence-electron chi connectivity index (χ4n) is 1.09. The Labute approximate surface area is 89.3 Å². The number of aromatic nitrogens is 2. The summed E-state index contributed by atoms with van der Waals surface area (Å²) in [4.78, 5) is 19.4. The van der Waals surface area contributed by atoms with Gasteiger partial charge < -0.3 is 10.6 Å². The number of carbonyl (C=O) groups is 1. The molecule has 5 nitrogen and oxygen atoms in total. The van der Waals surface area contributed by atoms with E-state index in [1.807, 2.05) is 20.9 Å². The van der Waals surface area contributed by atoms with Crippen molar-refractivity contribution >= 4 is 11.6 Å². The van der Waals surface area contributed by atoms with Crippen molar-refractivity contribution < 1.29 is 4.79 Å². The van der Waals surface area contributed by atoms with Gasteiger partial charge in [-0.1, -0.05) is 0 Å². The van der Waals surface area contributed by atoms with Crippen molar-refractivity contribution in [1.82, 2.24) is 15.3 Å². The second-order valence-corrected chi connectivity index (χ2v) is 3.46. The normalized spacial score (nSPS) is 12.2. The molecule has 0 aliphatic rings. The summed E-state index contributed by atoms with van der Waals surface area (Å²) in [5.74, 6) is -0.0326. The SMILES string of the molecule is CNC(C)CC(=O)Nc1cncnc1C. The van der Waals surface area contributed by atoms with Gasteiger partial charge in [-0.25, -0.2) is 9.97 Å². The maximum absolute atomic E-state index is 11.5. The minimum atomic E-state index is -0.0326. The van der Waals surface area contributed by atoms with Crippen LogP contribution in [0.1, 0.15) is 19.0 Å². The minimum absolute atomic E-state index is 0.0326. The average Bonchev–Trinajstić information content (AvgIpc) is 2.21. The molecule has 1 atom stereocenters. The molecule has 5 heteroatoms. The predicted molar refractivity (Wildman–Crippen MR) is 58.5 cm³/mol. The summed E-state index contributed by atoms with van der Waals surface area (Å²) in [5.41, 5.74) is 1.45. The molecule has 0 radical (unpaired) electrons. The Bertz CT molecular complexity index is 340. The lowest BCUT2D eigenvalue weighted by molar-refractivity contribution is -0.116. The lowest BCUT2D eigenvalue weighted by Crippen LogP contribution is -2.27. The average molecular weight is 208 g/mol. The standard InChI is InChI=1S/C10H16N4O/c1-7(11-3)4-10(15)14-9-5-12-6-13-8(9)2/h5-7,11H,4H2,1-3H3,(H,14,15). The van der Waals surface area contributed by atoms with Crippen LogP contribution in [0.3, 0.4) is 0 Å². The molecule has 15 heavy (non-hydrogen) atoms. The first kappa shape index (κ1) is 11.6. The van der Waals surface area contributed by atoms with Crippen LogP contribution in [0.4, 0.5) is 5.69 Å². The molecule has 1 heterocycles. The van der Waals surface area contributed by atoms with E-state index in [-0.39, 0.29) is 11.9 Å². The molecule has 1 amide bonds. The number of anilines is 1. The highest BCUT2D eigenvalue weighted by atomic mass is 16.1. The van der Waals surface area contributed by atoms with Crippen LogP contribution in [0, 0.1) is 6.92 Å². The Morgan fingerprint density at radius 1 is 1.60 bits per heavy atom. The smallest absolute Gasteiger partial charge is 0.226 e. The molecule has 0 aromatic carbocycles. The molecule has 1 rings (SSSR count).